The highest BCUT2D eigenvalue weighted by Gasteiger charge is 2.26. The molecule has 0 bridgehead atoms. The van der Waals surface area contributed by atoms with Crippen molar-refractivity contribution < 1.29 is 14.3 Å². The van der Waals surface area contributed by atoms with E-state index in [4.69, 9.17) is 9.47 Å². The molecule has 0 unspecified atom stereocenters. The van der Waals surface area contributed by atoms with Crippen molar-refractivity contribution in [1.82, 2.24) is 9.88 Å². The van der Waals surface area contributed by atoms with Gasteiger partial charge in [-0.05, 0) is 43.2 Å². The summed E-state index contributed by atoms with van der Waals surface area (Å²) in [6.07, 6.45) is 8.89. The van der Waals surface area contributed by atoms with Crippen molar-refractivity contribution >= 4 is 12.0 Å². The zero-order valence-electron chi connectivity index (χ0n) is 15.1. The Morgan fingerprint density at radius 3 is 3.00 bits per heavy atom. The highest BCUT2D eigenvalue weighted by atomic mass is 16.5. The fourth-order valence-electron chi connectivity index (χ4n) is 3.36. The molecule has 0 spiro atoms. The Bertz CT molecular complexity index is 861. The minimum Gasteiger partial charge on any atom is -0.464 e. The summed E-state index contributed by atoms with van der Waals surface area (Å²) in [7, 11) is 0. The summed E-state index contributed by atoms with van der Waals surface area (Å²) in [6, 6.07) is 13.5. The number of likely N-dealkylation sites (tertiary alicyclic amines) is 1. The monoisotopic (exact) mass is 362 g/mol. The molecule has 3 heterocycles. The van der Waals surface area contributed by atoms with Crippen LogP contribution in [0.4, 0.5) is 0 Å². The van der Waals surface area contributed by atoms with Gasteiger partial charge in [0, 0.05) is 30.4 Å². The summed E-state index contributed by atoms with van der Waals surface area (Å²) in [6.45, 7) is 1.81. The number of hydrogen-bond donors (Lipinski definition) is 0. The van der Waals surface area contributed by atoms with Crippen LogP contribution >= 0.6 is 0 Å². The fraction of sp³-hybridized carbons (Fsp3) is 0.273. The molecule has 4 rings (SSSR count). The number of ether oxygens (including phenoxy) is 2. The van der Waals surface area contributed by atoms with Crippen LogP contribution in [0.1, 0.15) is 24.1 Å². The molecule has 1 aromatic carbocycles. The van der Waals surface area contributed by atoms with E-state index in [0.29, 0.717) is 18.7 Å². The van der Waals surface area contributed by atoms with Crippen LogP contribution in [-0.4, -0.2) is 35.0 Å². The quantitative estimate of drug-likeness (QED) is 0.834. The molecule has 2 aliphatic heterocycles. The molecule has 2 aromatic rings. The molecule has 1 saturated heterocycles. The van der Waals surface area contributed by atoms with Gasteiger partial charge in [0.1, 0.15) is 5.75 Å². The van der Waals surface area contributed by atoms with Crippen LogP contribution in [0.25, 0.3) is 6.08 Å². The average Bonchev–Trinajstić information content (AvgIpc) is 2.95. The van der Waals surface area contributed by atoms with Crippen molar-refractivity contribution in [3.05, 3.63) is 77.8 Å². The van der Waals surface area contributed by atoms with Crippen molar-refractivity contribution in [1.29, 1.82) is 0 Å². The Labute approximate surface area is 158 Å². The maximum Gasteiger partial charge on any atom is 0.254 e. The second-order valence-corrected chi connectivity index (χ2v) is 6.71. The largest absolute Gasteiger partial charge is 0.464 e. The van der Waals surface area contributed by atoms with E-state index in [1.54, 1.807) is 18.5 Å². The number of nitrogens with zero attached hydrogens (tertiary/aromatic N) is 2. The highest BCUT2D eigenvalue weighted by molar-refractivity contribution is 6.01. The number of benzene rings is 1. The number of fused-ring (bicyclic) bond motifs is 1. The number of hydrogen-bond acceptors (Lipinski definition) is 4. The topological polar surface area (TPSA) is 51.7 Å². The van der Waals surface area contributed by atoms with Crippen molar-refractivity contribution in [3.8, 4) is 5.75 Å². The van der Waals surface area contributed by atoms with Crippen molar-refractivity contribution in [3.63, 3.8) is 0 Å². The first-order chi connectivity index (χ1) is 13.3. The fourth-order valence-corrected chi connectivity index (χ4v) is 3.36. The summed E-state index contributed by atoms with van der Waals surface area (Å²) in [5.41, 5.74) is 2.44. The van der Waals surface area contributed by atoms with Gasteiger partial charge in [0.25, 0.3) is 5.91 Å². The van der Waals surface area contributed by atoms with Gasteiger partial charge in [0.05, 0.1) is 24.7 Å². The molecule has 138 valence electrons. The molecular formula is C22H22N2O3. The smallest absolute Gasteiger partial charge is 0.254 e. The predicted molar refractivity (Wildman–Crippen MR) is 103 cm³/mol. The molecule has 1 fully saturated rings. The number of pyridine rings is 1. The van der Waals surface area contributed by atoms with Crippen LogP contribution < -0.4 is 4.74 Å². The number of carbonyl (C=O) groups is 1. The Hall–Kier alpha value is -2.92. The van der Waals surface area contributed by atoms with Gasteiger partial charge in [-0.2, -0.15) is 0 Å². The molecule has 0 N–H and O–H groups in total. The SMILES string of the molecule is O=C(C1=Cc2ccccc2OC=C1)N1CCC[C@@H](OCc2ccccn2)C1. The van der Waals surface area contributed by atoms with E-state index in [-0.39, 0.29) is 12.0 Å². The third kappa shape index (κ3) is 4.26. The Balaban J connectivity index is 1.42. The molecular weight excluding hydrogens is 340 g/mol. The minimum atomic E-state index is 0.0117. The third-order valence-corrected chi connectivity index (χ3v) is 4.78. The van der Waals surface area contributed by atoms with Gasteiger partial charge in [-0.15, -0.1) is 0 Å². The van der Waals surface area contributed by atoms with E-state index in [1.165, 1.54) is 0 Å². The summed E-state index contributed by atoms with van der Waals surface area (Å²) >= 11 is 0. The summed E-state index contributed by atoms with van der Waals surface area (Å²) < 4.78 is 11.6. The summed E-state index contributed by atoms with van der Waals surface area (Å²) in [5, 5.41) is 0. The maximum atomic E-state index is 13.0. The number of carbonyl (C=O) groups excluding carboxylic acids is 1. The summed E-state index contributed by atoms with van der Waals surface area (Å²) in [5.74, 6) is 0.768. The molecule has 2 aliphatic rings. The van der Waals surface area contributed by atoms with Gasteiger partial charge in [-0.3, -0.25) is 9.78 Å². The lowest BCUT2D eigenvalue weighted by Crippen LogP contribution is -2.43. The van der Waals surface area contributed by atoms with Crippen LogP contribution in [-0.2, 0) is 16.1 Å². The van der Waals surface area contributed by atoms with E-state index in [1.807, 2.05) is 53.4 Å². The van der Waals surface area contributed by atoms with E-state index < -0.39 is 0 Å². The zero-order chi connectivity index (χ0) is 18.5. The first-order valence-electron chi connectivity index (χ1n) is 9.24. The van der Waals surface area contributed by atoms with Crippen LogP contribution in [0.2, 0.25) is 0 Å². The van der Waals surface area contributed by atoms with Crippen molar-refractivity contribution in [2.24, 2.45) is 0 Å². The Morgan fingerprint density at radius 1 is 1.22 bits per heavy atom. The normalized spacial score (nSPS) is 18.9. The van der Waals surface area contributed by atoms with Gasteiger partial charge in [-0.25, -0.2) is 0 Å². The summed E-state index contributed by atoms with van der Waals surface area (Å²) in [4.78, 5) is 19.2. The average molecular weight is 362 g/mol. The second-order valence-electron chi connectivity index (χ2n) is 6.71. The van der Waals surface area contributed by atoms with Gasteiger partial charge >= 0.3 is 0 Å². The van der Waals surface area contributed by atoms with E-state index in [9.17, 15) is 4.79 Å². The number of aromatic nitrogens is 1. The molecule has 1 aromatic heterocycles. The Kier molecular flexibility index (Phi) is 5.30. The highest BCUT2D eigenvalue weighted by Crippen LogP contribution is 2.26. The van der Waals surface area contributed by atoms with Crippen LogP contribution in [0, 0.1) is 0 Å². The molecule has 27 heavy (non-hydrogen) atoms. The van der Waals surface area contributed by atoms with Gasteiger partial charge in [0.2, 0.25) is 0 Å². The van der Waals surface area contributed by atoms with Crippen LogP contribution in [0.5, 0.6) is 5.75 Å². The van der Waals surface area contributed by atoms with Crippen LogP contribution in [0.15, 0.2) is 66.6 Å². The first-order valence-corrected chi connectivity index (χ1v) is 9.24. The van der Waals surface area contributed by atoms with E-state index in [2.05, 4.69) is 4.98 Å². The van der Waals surface area contributed by atoms with E-state index in [0.717, 1.165) is 36.4 Å². The lowest BCUT2D eigenvalue weighted by molar-refractivity contribution is -0.131. The predicted octanol–water partition coefficient (Wildman–Crippen LogP) is 3.58. The number of piperidine rings is 1. The molecule has 5 nitrogen and oxygen atoms in total. The molecule has 0 radical (unpaired) electrons. The molecule has 1 atom stereocenters. The minimum absolute atomic E-state index is 0.0117. The zero-order valence-corrected chi connectivity index (χ0v) is 15.1. The van der Waals surface area contributed by atoms with Gasteiger partial charge in [-0.1, -0.05) is 24.3 Å². The third-order valence-electron chi connectivity index (χ3n) is 4.78. The standard InChI is InChI=1S/C22H22N2O3/c25-22(18-10-13-26-21-9-2-1-6-17(21)14-18)24-12-5-8-20(15-24)27-16-19-7-3-4-11-23-19/h1-4,6-7,9-11,13-14,20H,5,8,12,15-16H2/t20-/m1/s1. The molecule has 0 saturated carbocycles. The molecule has 0 aliphatic carbocycles. The molecule has 5 heteroatoms. The Morgan fingerprint density at radius 2 is 2.11 bits per heavy atom. The lowest BCUT2D eigenvalue weighted by atomic mass is 10.0. The molecule has 1 amide bonds. The van der Waals surface area contributed by atoms with Gasteiger partial charge < -0.3 is 14.4 Å². The van der Waals surface area contributed by atoms with Crippen LogP contribution in [0.3, 0.4) is 0 Å². The number of rotatable bonds is 4. The van der Waals surface area contributed by atoms with E-state index >= 15 is 0 Å². The first kappa shape index (κ1) is 17.5. The van der Waals surface area contributed by atoms with Crippen molar-refractivity contribution in [2.75, 3.05) is 13.1 Å². The maximum absolute atomic E-state index is 13.0. The van der Waals surface area contributed by atoms with Crippen molar-refractivity contribution in [2.45, 2.75) is 25.6 Å². The second kappa shape index (κ2) is 8.18. The number of para-hydroxylation sites is 1. The number of amides is 1. The van der Waals surface area contributed by atoms with Gasteiger partial charge in [0.15, 0.2) is 0 Å². The lowest BCUT2D eigenvalue weighted by Gasteiger charge is -2.32.